The lowest BCUT2D eigenvalue weighted by Crippen LogP contribution is -2.32. The molecule has 0 radical (unpaired) electrons. The monoisotopic (exact) mass is 455 g/mol. The Morgan fingerprint density at radius 3 is 2.56 bits per heavy atom. The van der Waals surface area contributed by atoms with E-state index in [1.54, 1.807) is 4.90 Å². The van der Waals surface area contributed by atoms with Gasteiger partial charge in [0.2, 0.25) is 0 Å². The first-order valence-electron chi connectivity index (χ1n) is 11.1. The maximum atomic E-state index is 13.3. The molecule has 0 fully saturated rings. The number of benzene rings is 3. The summed E-state index contributed by atoms with van der Waals surface area (Å²) >= 11 is 0. The number of rotatable bonds is 6. The van der Waals surface area contributed by atoms with Gasteiger partial charge < -0.3 is 19.8 Å². The zero-order valence-electron chi connectivity index (χ0n) is 18.9. The number of aromatic amines is 1. The van der Waals surface area contributed by atoms with E-state index in [1.165, 1.54) is 0 Å². The molecule has 1 amide bonds. The number of hydrogen-bond acceptors (Lipinski definition) is 5. The lowest BCUT2D eigenvalue weighted by atomic mass is 9.94. The first-order valence-corrected chi connectivity index (χ1v) is 11.1. The molecule has 34 heavy (non-hydrogen) atoms. The third-order valence-corrected chi connectivity index (χ3v) is 6.06. The number of fused-ring (bicyclic) bond motifs is 1. The first-order chi connectivity index (χ1) is 16.5. The van der Waals surface area contributed by atoms with Gasteiger partial charge in [-0.15, -0.1) is 0 Å². The summed E-state index contributed by atoms with van der Waals surface area (Å²) in [6, 6.07) is 20.3. The molecule has 4 aromatic rings. The van der Waals surface area contributed by atoms with Crippen LogP contribution in [-0.2, 0) is 0 Å². The van der Waals surface area contributed by atoms with Crippen molar-refractivity contribution >= 4 is 5.91 Å². The maximum absolute atomic E-state index is 13.3. The Bertz CT molecular complexity index is 1360. The molecule has 2 heterocycles. The van der Waals surface area contributed by atoms with Gasteiger partial charge >= 0.3 is 0 Å². The Hall–Kier alpha value is -4.10. The molecule has 172 valence electrons. The number of aromatic nitrogens is 2. The molecule has 0 saturated heterocycles. The van der Waals surface area contributed by atoms with Gasteiger partial charge in [-0.1, -0.05) is 36.4 Å². The van der Waals surface area contributed by atoms with Crippen molar-refractivity contribution in [2.24, 2.45) is 0 Å². The second kappa shape index (κ2) is 8.68. The second-order valence-corrected chi connectivity index (χ2v) is 8.45. The van der Waals surface area contributed by atoms with Crippen molar-refractivity contribution in [3.05, 3.63) is 94.7 Å². The van der Waals surface area contributed by atoms with Gasteiger partial charge in [-0.3, -0.25) is 9.89 Å². The van der Waals surface area contributed by atoms with Crippen LogP contribution in [0.1, 0.15) is 38.8 Å². The third kappa shape index (κ3) is 3.70. The lowest BCUT2D eigenvalue weighted by Gasteiger charge is -2.26. The fourth-order valence-electron chi connectivity index (χ4n) is 4.60. The van der Waals surface area contributed by atoms with E-state index in [2.05, 4.69) is 10.2 Å². The lowest BCUT2D eigenvalue weighted by molar-refractivity contribution is 0.0706. The maximum Gasteiger partial charge on any atom is 0.273 e. The Balaban J connectivity index is 1.63. The van der Waals surface area contributed by atoms with Crippen molar-refractivity contribution in [2.75, 3.05) is 13.2 Å². The van der Waals surface area contributed by atoms with Crippen molar-refractivity contribution in [1.29, 1.82) is 0 Å². The summed E-state index contributed by atoms with van der Waals surface area (Å²) < 4.78 is 6.02. The van der Waals surface area contributed by atoms with E-state index in [-0.39, 0.29) is 24.8 Å². The van der Waals surface area contributed by atoms with Gasteiger partial charge in [0.05, 0.1) is 12.6 Å². The number of aliphatic hydroxyl groups is 1. The highest BCUT2D eigenvalue weighted by Crippen LogP contribution is 2.45. The van der Waals surface area contributed by atoms with E-state index in [1.807, 2.05) is 80.6 Å². The van der Waals surface area contributed by atoms with Crippen molar-refractivity contribution in [3.8, 4) is 28.5 Å². The van der Waals surface area contributed by atoms with Gasteiger partial charge in [0.15, 0.2) is 0 Å². The Kier molecular flexibility index (Phi) is 5.55. The van der Waals surface area contributed by atoms with E-state index in [0.717, 1.165) is 16.7 Å². The van der Waals surface area contributed by atoms with Crippen LogP contribution in [0.4, 0.5) is 0 Å². The molecule has 1 unspecified atom stereocenters. The number of ether oxygens (including phenoxy) is 1. The summed E-state index contributed by atoms with van der Waals surface area (Å²) in [6.07, 6.45) is 0. The molecular weight excluding hydrogens is 430 g/mol. The summed E-state index contributed by atoms with van der Waals surface area (Å²) in [7, 11) is 0. The van der Waals surface area contributed by atoms with Crippen molar-refractivity contribution in [1.82, 2.24) is 15.1 Å². The molecule has 7 heteroatoms. The number of carbonyl (C=O) groups is 1. The zero-order valence-corrected chi connectivity index (χ0v) is 18.9. The average molecular weight is 456 g/mol. The number of H-pyrrole nitrogens is 1. The van der Waals surface area contributed by atoms with Crippen LogP contribution in [0, 0.1) is 13.8 Å². The predicted molar refractivity (Wildman–Crippen MR) is 128 cm³/mol. The minimum atomic E-state index is -0.497. The second-order valence-electron chi connectivity index (χ2n) is 8.45. The normalized spacial score (nSPS) is 15.0. The quantitative estimate of drug-likeness (QED) is 0.390. The zero-order chi connectivity index (χ0) is 23.8. The topological polar surface area (TPSA) is 98.7 Å². The Morgan fingerprint density at radius 1 is 1.03 bits per heavy atom. The number of nitrogens with one attached hydrogen (secondary N) is 1. The molecule has 3 N–H and O–H groups in total. The Labute approximate surface area is 197 Å². The van der Waals surface area contributed by atoms with Crippen LogP contribution < -0.4 is 4.74 Å². The molecule has 1 aliphatic heterocycles. The molecule has 0 spiro atoms. The number of nitrogens with zero attached hydrogens (tertiary/aromatic N) is 2. The highest BCUT2D eigenvalue weighted by Gasteiger charge is 2.42. The van der Waals surface area contributed by atoms with Gasteiger partial charge in [-0.25, -0.2) is 0 Å². The van der Waals surface area contributed by atoms with Crippen LogP contribution in [0.15, 0.2) is 66.7 Å². The van der Waals surface area contributed by atoms with Crippen molar-refractivity contribution in [2.45, 2.75) is 19.9 Å². The number of aliphatic hydroxyl groups excluding tert-OH is 1. The number of aromatic hydroxyl groups is 1. The largest absolute Gasteiger partial charge is 0.507 e. The molecule has 0 bridgehead atoms. The van der Waals surface area contributed by atoms with Gasteiger partial charge in [0, 0.05) is 17.7 Å². The highest BCUT2D eigenvalue weighted by molar-refractivity contribution is 6.00. The average Bonchev–Trinajstić information content (AvgIpc) is 3.36. The number of aryl methyl sites for hydroxylation is 2. The third-order valence-electron chi connectivity index (χ3n) is 6.06. The number of para-hydroxylation sites is 1. The van der Waals surface area contributed by atoms with Crippen LogP contribution in [0.3, 0.4) is 0 Å². The van der Waals surface area contributed by atoms with Crippen molar-refractivity contribution in [3.63, 3.8) is 0 Å². The predicted octanol–water partition coefficient (Wildman–Crippen LogP) is 4.73. The SMILES string of the molecule is Cc1cc(C)c(O)c(-c2n[nH]c3c2C(c2cccc(Oc4ccccc4)c2)N(CCO)C3=O)c1. The summed E-state index contributed by atoms with van der Waals surface area (Å²) in [5.74, 6) is 1.23. The smallest absolute Gasteiger partial charge is 0.273 e. The van der Waals surface area contributed by atoms with E-state index in [0.29, 0.717) is 34.0 Å². The van der Waals surface area contributed by atoms with Crippen LogP contribution >= 0.6 is 0 Å². The van der Waals surface area contributed by atoms with E-state index < -0.39 is 6.04 Å². The molecular formula is C27H25N3O4. The molecule has 7 nitrogen and oxygen atoms in total. The number of hydrogen-bond donors (Lipinski definition) is 3. The molecule has 1 aromatic heterocycles. The standard InChI is InChI=1S/C27H25N3O4/c1-16-13-17(2)26(32)21(14-16)23-22-24(29-28-23)27(33)30(11-12-31)25(22)18-7-6-10-20(15-18)34-19-8-4-3-5-9-19/h3-10,13-15,25,31-32H,11-12H2,1-2H3,(H,28,29). The molecule has 3 aromatic carbocycles. The summed E-state index contributed by atoms with van der Waals surface area (Å²) in [5.41, 5.74) is 4.66. The summed E-state index contributed by atoms with van der Waals surface area (Å²) in [5, 5.41) is 27.8. The number of carbonyl (C=O) groups excluding carboxylic acids is 1. The molecule has 1 atom stereocenters. The van der Waals surface area contributed by atoms with Crippen LogP contribution in [0.2, 0.25) is 0 Å². The number of β-amino-alcohol motifs (C(OH)–C–C–N with tert-alkyl or cyclic N) is 1. The van der Waals surface area contributed by atoms with Gasteiger partial charge in [0.25, 0.3) is 5.91 Å². The molecule has 0 aliphatic carbocycles. The van der Waals surface area contributed by atoms with E-state index >= 15 is 0 Å². The minimum Gasteiger partial charge on any atom is -0.507 e. The van der Waals surface area contributed by atoms with Gasteiger partial charge in [-0.2, -0.15) is 5.10 Å². The van der Waals surface area contributed by atoms with Gasteiger partial charge in [-0.05, 0) is 60.9 Å². The molecule has 1 aliphatic rings. The van der Waals surface area contributed by atoms with Crippen LogP contribution in [0.25, 0.3) is 11.3 Å². The summed E-state index contributed by atoms with van der Waals surface area (Å²) in [6.45, 7) is 3.77. The first kappa shape index (κ1) is 21.7. The fourth-order valence-corrected chi connectivity index (χ4v) is 4.60. The Morgan fingerprint density at radius 2 is 1.79 bits per heavy atom. The van der Waals surface area contributed by atoms with Crippen LogP contribution in [0.5, 0.6) is 17.2 Å². The number of phenolic OH excluding ortho intramolecular Hbond substituents is 1. The molecule has 5 rings (SSSR count). The van der Waals surface area contributed by atoms with Gasteiger partial charge in [0.1, 0.15) is 28.6 Å². The number of phenols is 1. The van der Waals surface area contributed by atoms with E-state index in [4.69, 9.17) is 4.74 Å². The van der Waals surface area contributed by atoms with Crippen molar-refractivity contribution < 1.29 is 19.7 Å². The number of amides is 1. The summed E-state index contributed by atoms with van der Waals surface area (Å²) in [4.78, 5) is 14.9. The highest BCUT2D eigenvalue weighted by atomic mass is 16.5. The fraction of sp³-hybridized carbons (Fsp3) is 0.185. The molecule has 0 saturated carbocycles. The minimum absolute atomic E-state index is 0.132. The van der Waals surface area contributed by atoms with E-state index in [9.17, 15) is 15.0 Å². The van der Waals surface area contributed by atoms with Crippen LogP contribution in [-0.4, -0.2) is 44.4 Å².